The van der Waals surface area contributed by atoms with E-state index < -0.39 is 0 Å². The number of carbonyl (C=O) groups excluding carboxylic acids is 2. The maximum atomic E-state index is 13.2. The summed E-state index contributed by atoms with van der Waals surface area (Å²) in [6.45, 7) is 3.48. The van der Waals surface area contributed by atoms with E-state index in [0.29, 0.717) is 25.1 Å². The van der Waals surface area contributed by atoms with Gasteiger partial charge >= 0.3 is 0 Å². The van der Waals surface area contributed by atoms with Crippen LogP contribution in [0, 0.1) is 11.6 Å². The van der Waals surface area contributed by atoms with Crippen molar-refractivity contribution in [1.29, 1.82) is 0 Å². The molecule has 0 aromatic heterocycles. The summed E-state index contributed by atoms with van der Waals surface area (Å²) in [6.07, 6.45) is 10.4. The van der Waals surface area contributed by atoms with Crippen molar-refractivity contribution in [2.24, 2.45) is 0 Å². The van der Waals surface area contributed by atoms with Crippen LogP contribution in [0.1, 0.15) is 48.5 Å². The minimum atomic E-state index is -0.265. The molecule has 3 aromatic rings. The number of aliphatic hydroxyl groups excluding tert-OH is 1. The summed E-state index contributed by atoms with van der Waals surface area (Å²) >= 11 is 0. The highest BCUT2D eigenvalue weighted by Gasteiger charge is 2.33. The molecule has 2 amide bonds. The van der Waals surface area contributed by atoms with E-state index in [0.717, 1.165) is 47.9 Å². The Morgan fingerprint density at radius 2 is 1.49 bits per heavy atom. The van der Waals surface area contributed by atoms with Crippen LogP contribution in [-0.2, 0) is 10.2 Å². The van der Waals surface area contributed by atoms with E-state index in [4.69, 9.17) is 5.11 Å². The van der Waals surface area contributed by atoms with Crippen LogP contribution < -0.4 is 5.32 Å². The summed E-state index contributed by atoms with van der Waals surface area (Å²) in [5.41, 5.74) is 4.59. The van der Waals surface area contributed by atoms with Gasteiger partial charge in [0.1, 0.15) is 11.6 Å². The van der Waals surface area contributed by atoms with Gasteiger partial charge in [-0.15, -0.1) is 0 Å². The van der Waals surface area contributed by atoms with E-state index in [-0.39, 0.29) is 35.6 Å². The molecule has 0 saturated carbocycles. The monoisotopic (exact) mass is 558 g/mol. The number of rotatable bonds is 7. The molecule has 0 bridgehead atoms. The van der Waals surface area contributed by atoms with Crippen molar-refractivity contribution in [2.75, 3.05) is 19.7 Å². The van der Waals surface area contributed by atoms with E-state index in [9.17, 15) is 18.4 Å². The molecule has 5 nitrogen and oxygen atoms in total. The topological polar surface area (TPSA) is 69.6 Å². The van der Waals surface area contributed by atoms with Crippen LogP contribution in [0.15, 0.2) is 96.6 Å². The molecule has 214 valence electrons. The first-order valence-corrected chi connectivity index (χ1v) is 13.9. The summed E-state index contributed by atoms with van der Waals surface area (Å²) in [7, 11) is 0. The quantitative estimate of drug-likeness (QED) is 0.340. The lowest BCUT2D eigenvalue weighted by Gasteiger charge is -2.40. The van der Waals surface area contributed by atoms with Gasteiger partial charge in [-0.1, -0.05) is 61.5 Å². The van der Waals surface area contributed by atoms with E-state index >= 15 is 0 Å². The molecule has 0 unspecified atom stereocenters. The average molecular weight is 559 g/mol. The molecule has 1 fully saturated rings. The van der Waals surface area contributed by atoms with Crippen molar-refractivity contribution in [3.63, 3.8) is 0 Å². The number of piperidine rings is 1. The lowest BCUT2D eigenvalue weighted by atomic mass is 9.74. The Labute approximate surface area is 240 Å². The summed E-state index contributed by atoms with van der Waals surface area (Å²) in [6, 6.07) is 20.2. The number of nitrogens with one attached hydrogen (secondary N) is 1. The molecule has 1 aliphatic carbocycles. The van der Waals surface area contributed by atoms with Gasteiger partial charge in [0.15, 0.2) is 0 Å². The Bertz CT molecular complexity index is 1360. The molecule has 1 aliphatic heterocycles. The molecule has 2 N–H and O–H groups in total. The second kappa shape index (κ2) is 14.0. The zero-order valence-electron chi connectivity index (χ0n) is 23.2. The fourth-order valence-electron chi connectivity index (χ4n) is 5.20. The lowest BCUT2D eigenvalue weighted by molar-refractivity contribution is -0.110. The largest absolute Gasteiger partial charge is 0.394 e. The van der Waals surface area contributed by atoms with Gasteiger partial charge in [0.05, 0.1) is 12.6 Å². The lowest BCUT2D eigenvalue weighted by Crippen LogP contribution is -2.43. The van der Waals surface area contributed by atoms with E-state index in [1.165, 1.54) is 24.3 Å². The van der Waals surface area contributed by atoms with E-state index in [1.54, 1.807) is 12.1 Å². The Morgan fingerprint density at radius 3 is 2.00 bits per heavy atom. The highest BCUT2D eigenvalue weighted by Crippen LogP contribution is 2.35. The molecule has 0 spiro atoms. The van der Waals surface area contributed by atoms with Crippen LogP contribution in [0.5, 0.6) is 0 Å². The van der Waals surface area contributed by atoms with Crippen LogP contribution >= 0.6 is 0 Å². The van der Waals surface area contributed by atoms with Gasteiger partial charge in [0, 0.05) is 18.7 Å². The van der Waals surface area contributed by atoms with Gasteiger partial charge in [-0.2, -0.15) is 0 Å². The minimum absolute atomic E-state index is 0.0248. The predicted octanol–water partition coefficient (Wildman–Crippen LogP) is 6.20. The second-order valence-electron chi connectivity index (χ2n) is 10.6. The molecule has 7 heteroatoms. The zero-order valence-corrected chi connectivity index (χ0v) is 23.2. The molecule has 5 rings (SSSR count). The number of allylic oxidation sites excluding steroid dienone is 2. The zero-order chi connectivity index (χ0) is 29.2. The number of halogens is 2. The van der Waals surface area contributed by atoms with E-state index in [1.807, 2.05) is 59.5 Å². The molecule has 0 radical (unpaired) electrons. The first kappa shape index (κ1) is 29.9. The van der Waals surface area contributed by atoms with Crippen molar-refractivity contribution in [1.82, 2.24) is 10.2 Å². The number of aliphatic hydroxyl groups is 1. The van der Waals surface area contributed by atoms with Crippen molar-refractivity contribution in [3.8, 4) is 11.1 Å². The van der Waals surface area contributed by atoms with E-state index in [2.05, 4.69) is 12.2 Å². The van der Waals surface area contributed by atoms with Gasteiger partial charge < -0.3 is 15.3 Å². The van der Waals surface area contributed by atoms with Gasteiger partial charge in [-0.25, -0.2) is 8.78 Å². The van der Waals surface area contributed by atoms with Gasteiger partial charge in [0.25, 0.3) is 5.91 Å². The fraction of sp³-hybridized carbons (Fsp3) is 0.294. The van der Waals surface area contributed by atoms with Crippen LogP contribution in [0.2, 0.25) is 0 Å². The minimum Gasteiger partial charge on any atom is -0.394 e. The SMILES string of the molecule is CC1(c2ccc(F)cc2)CCN(C(=O)c2ccc(-c3ccc(F)cc3)cc2)CC1.O=CN[C@H](CO)C1=CCCC=C1. The normalized spacial score (nSPS) is 16.6. The third-order valence-corrected chi connectivity index (χ3v) is 7.88. The Kier molecular flexibility index (Phi) is 10.2. The average Bonchev–Trinajstić information content (AvgIpc) is 3.01. The number of amides is 2. The Hall–Kier alpha value is -4.10. The number of hydrogen-bond acceptors (Lipinski definition) is 3. The van der Waals surface area contributed by atoms with Crippen molar-refractivity contribution < 1.29 is 23.5 Å². The van der Waals surface area contributed by atoms with Gasteiger partial charge in [-0.05, 0) is 89.8 Å². The second-order valence-corrected chi connectivity index (χ2v) is 10.6. The highest BCUT2D eigenvalue weighted by atomic mass is 19.1. The summed E-state index contributed by atoms with van der Waals surface area (Å²) in [5, 5.41) is 11.5. The Balaban J connectivity index is 0.000000271. The Morgan fingerprint density at radius 1 is 0.927 bits per heavy atom. The maximum Gasteiger partial charge on any atom is 0.253 e. The van der Waals surface area contributed by atoms with Gasteiger partial charge in [-0.3, -0.25) is 9.59 Å². The number of nitrogens with zero attached hydrogens (tertiary/aromatic N) is 1. The molecule has 1 heterocycles. The number of hydrogen-bond donors (Lipinski definition) is 2. The first-order valence-electron chi connectivity index (χ1n) is 13.9. The maximum absolute atomic E-state index is 13.2. The standard InChI is InChI=1S/C25H23F2NO.C9H13NO2/c1-25(21-8-12-23(27)13-9-21)14-16-28(17-15-25)24(29)20-4-2-18(3-5-20)19-6-10-22(26)11-7-19;11-6-9(10-7-12)8-4-2-1-3-5-8/h2-13H,14-17H2,1H3;2,4-5,7,9,11H,1,3,6H2,(H,10,12)/t;9-/m.1/s1. The highest BCUT2D eigenvalue weighted by molar-refractivity contribution is 5.94. The summed E-state index contributed by atoms with van der Waals surface area (Å²) in [4.78, 5) is 24.9. The van der Waals surface area contributed by atoms with Crippen LogP contribution in [0.25, 0.3) is 11.1 Å². The molecular weight excluding hydrogens is 522 g/mol. The van der Waals surface area contributed by atoms with Crippen molar-refractivity contribution in [2.45, 2.75) is 44.1 Å². The molecular formula is C34H36F2N2O3. The molecule has 2 aliphatic rings. The third-order valence-electron chi connectivity index (χ3n) is 7.88. The van der Waals surface area contributed by atoms with Gasteiger partial charge in [0.2, 0.25) is 6.41 Å². The summed E-state index contributed by atoms with van der Waals surface area (Å²) in [5.74, 6) is -0.468. The smallest absolute Gasteiger partial charge is 0.253 e. The van der Waals surface area contributed by atoms with Crippen LogP contribution in [-0.4, -0.2) is 48.1 Å². The van der Waals surface area contributed by atoms with Crippen LogP contribution in [0.3, 0.4) is 0 Å². The molecule has 41 heavy (non-hydrogen) atoms. The first-order chi connectivity index (χ1) is 19.8. The van der Waals surface area contributed by atoms with Crippen molar-refractivity contribution in [3.05, 3.63) is 119 Å². The fourth-order valence-corrected chi connectivity index (χ4v) is 5.20. The van der Waals surface area contributed by atoms with Crippen LogP contribution in [0.4, 0.5) is 8.78 Å². The summed E-state index contributed by atoms with van der Waals surface area (Å²) < 4.78 is 26.3. The number of benzene rings is 3. The molecule has 1 saturated heterocycles. The molecule has 1 atom stereocenters. The number of carbonyl (C=O) groups is 2. The molecule has 3 aromatic carbocycles. The van der Waals surface area contributed by atoms with Crippen molar-refractivity contribution >= 4 is 12.3 Å². The number of likely N-dealkylation sites (tertiary alicyclic amines) is 1. The predicted molar refractivity (Wildman–Crippen MR) is 157 cm³/mol. The third kappa shape index (κ3) is 7.76.